The predicted octanol–water partition coefficient (Wildman–Crippen LogP) is 3.89. The van der Waals surface area contributed by atoms with Crippen molar-refractivity contribution in [1.82, 2.24) is 4.98 Å². The number of carbonyl (C=O) groups excluding carboxylic acids is 1. The van der Waals surface area contributed by atoms with Crippen molar-refractivity contribution in [2.45, 2.75) is 46.6 Å². The summed E-state index contributed by atoms with van der Waals surface area (Å²) in [5, 5.41) is 0.331. The fourth-order valence-electron chi connectivity index (χ4n) is 1.81. The summed E-state index contributed by atoms with van der Waals surface area (Å²) in [5.74, 6) is 0.169. The smallest absolute Gasteiger partial charge is 0.338 e. The van der Waals surface area contributed by atoms with Gasteiger partial charge in [-0.15, -0.1) is 0 Å². The van der Waals surface area contributed by atoms with Crippen LogP contribution in [0.25, 0.3) is 0 Å². The van der Waals surface area contributed by atoms with Gasteiger partial charge in [0.1, 0.15) is 5.15 Å². The highest BCUT2D eigenvalue weighted by molar-refractivity contribution is 6.29. The second-order valence-electron chi connectivity index (χ2n) is 4.87. The zero-order valence-electron chi connectivity index (χ0n) is 11.4. The molecule has 0 aromatic carbocycles. The summed E-state index contributed by atoms with van der Waals surface area (Å²) in [5.41, 5.74) is 1.27. The van der Waals surface area contributed by atoms with Crippen LogP contribution in [0.4, 0.5) is 0 Å². The van der Waals surface area contributed by atoms with Gasteiger partial charge < -0.3 is 4.74 Å². The number of hydrogen-bond acceptors (Lipinski definition) is 3. The maximum absolute atomic E-state index is 11.9. The number of aromatic nitrogens is 1. The summed E-state index contributed by atoms with van der Waals surface area (Å²) in [7, 11) is 0. The Bertz CT molecular complexity index is 418. The summed E-state index contributed by atoms with van der Waals surface area (Å²) in [6.45, 7) is 8.07. The number of esters is 1. The molecule has 0 fully saturated rings. The van der Waals surface area contributed by atoms with Gasteiger partial charge in [-0.25, -0.2) is 9.78 Å². The second kappa shape index (κ2) is 6.74. The standard InChI is InChI=1S/C14H20ClNO2/c1-5-12-7-11(8-13(15)16-12)14(17)18-10(4)6-9(2)3/h7-10H,5-6H2,1-4H3. The van der Waals surface area contributed by atoms with Crippen LogP contribution in [0.15, 0.2) is 12.1 Å². The van der Waals surface area contributed by atoms with Crippen LogP contribution in [-0.2, 0) is 11.2 Å². The molecule has 0 spiro atoms. The van der Waals surface area contributed by atoms with E-state index in [1.807, 2.05) is 13.8 Å². The first-order valence-electron chi connectivity index (χ1n) is 6.29. The number of ether oxygens (including phenoxy) is 1. The van der Waals surface area contributed by atoms with E-state index in [4.69, 9.17) is 16.3 Å². The number of nitrogens with zero attached hydrogens (tertiary/aromatic N) is 1. The first-order valence-corrected chi connectivity index (χ1v) is 6.67. The Morgan fingerprint density at radius 1 is 1.39 bits per heavy atom. The third-order valence-corrected chi connectivity index (χ3v) is 2.75. The van der Waals surface area contributed by atoms with E-state index in [1.165, 1.54) is 0 Å². The highest BCUT2D eigenvalue weighted by atomic mass is 35.5. The molecule has 1 atom stereocenters. The van der Waals surface area contributed by atoms with Gasteiger partial charge in [0.25, 0.3) is 0 Å². The first-order chi connectivity index (χ1) is 8.42. The molecule has 1 unspecified atom stereocenters. The van der Waals surface area contributed by atoms with Gasteiger partial charge >= 0.3 is 5.97 Å². The minimum absolute atomic E-state index is 0.0884. The Hall–Kier alpha value is -1.09. The summed E-state index contributed by atoms with van der Waals surface area (Å²) >= 11 is 5.87. The molecule has 18 heavy (non-hydrogen) atoms. The van der Waals surface area contributed by atoms with Gasteiger partial charge in [0.15, 0.2) is 0 Å². The van der Waals surface area contributed by atoms with Crippen molar-refractivity contribution in [3.8, 4) is 0 Å². The lowest BCUT2D eigenvalue weighted by atomic mass is 10.1. The third-order valence-electron chi connectivity index (χ3n) is 2.56. The molecule has 0 amide bonds. The van der Waals surface area contributed by atoms with Crippen LogP contribution in [0.3, 0.4) is 0 Å². The zero-order chi connectivity index (χ0) is 13.7. The van der Waals surface area contributed by atoms with Crippen molar-refractivity contribution < 1.29 is 9.53 Å². The van der Waals surface area contributed by atoms with Crippen molar-refractivity contribution in [3.63, 3.8) is 0 Å². The van der Waals surface area contributed by atoms with Crippen molar-refractivity contribution in [1.29, 1.82) is 0 Å². The molecule has 0 aliphatic heterocycles. The summed E-state index contributed by atoms with van der Waals surface area (Å²) < 4.78 is 5.38. The van der Waals surface area contributed by atoms with Gasteiger partial charge in [0, 0.05) is 5.69 Å². The van der Waals surface area contributed by atoms with Gasteiger partial charge in [-0.1, -0.05) is 32.4 Å². The normalized spacial score (nSPS) is 12.6. The molecule has 1 aromatic rings. The summed E-state index contributed by atoms with van der Waals surface area (Å²) in [6, 6.07) is 3.28. The van der Waals surface area contributed by atoms with Crippen LogP contribution in [0, 0.1) is 5.92 Å². The Balaban J connectivity index is 2.74. The summed E-state index contributed by atoms with van der Waals surface area (Å²) in [4.78, 5) is 16.1. The van der Waals surface area contributed by atoms with E-state index in [9.17, 15) is 4.79 Å². The van der Waals surface area contributed by atoms with Crippen molar-refractivity contribution in [2.24, 2.45) is 5.92 Å². The maximum Gasteiger partial charge on any atom is 0.338 e. The number of rotatable bonds is 5. The van der Waals surface area contributed by atoms with E-state index in [-0.39, 0.29) is 12.1 Å². The molecular weight excluding hydrogens is 250 g/mol. The average molecular weight is 270 g/mol. The predicted molar refractivity (Wildman–Crippen MR) is 73.0 cm³/mol. The van der Waals surface area contributed by atoms with Crippen LogP contribution < -0.4 is 0 Å². The monoisotopic (exact) mass is 269 g/mol. The molecule has 100 valence electrons. The van der Waals surface area contributed by atoms with E-state index in [0.29, 0.717) is 16.6 Å². The lowest BCUT2D eigenvalue weighted by molar-refractivity contribution is 0.0299. The quantitative estimate of drug-likeness (QED) is 0.601. The number of aryl methyl sites for hydroxylation is 1. The number of halogens is 1. The molecule has 1 aromatic heterocycles. The lowest BCUT2D eigenvalue weighted by Gasteiger charge is -2.15. The highest BCUT2D eigenvalue weighted by Gasteiger charge is 2.14. The Kier molecular flexibility index (Phi) is 5.60. The zero-order valence-corrected chi connectivity index (χ0v) is 12.1. The Morgan fingerprint density at radius 3 is 2.61 bits per heavy atom. The Labute approximate surface area is 114 Å². The second-order valence-corrected chi connectivity index (χ2v) is 5.26. The van der Waals surface area contributed by atoms with Gasteiger partial charge in [0.05, 0.1) is 11.7 Å². The number of hydrogen-bond donors (Lipinski definition) is 0. The molecule has 4 heteroatoms. The molecule has 0 saturated heterocycles. The largest absolute Gasteiger partial charge is 0.459 e. The van der Waals surface area contributed by atoms with E-state index < -0.39 is 0 Å². The minimum atomic E-state index is -0.331. The van der Waals surface area contributed by atoms with Crippen LogP contribution in [0.2, 0.25) is 5.15 Å². The molecular formula is C14H20ClNO2. The van der Waals surface area contributed by atoms with E-state index >= 15 is 0 Å². The molecule has 1 heterocycles. The molecule has 0 aliphatic rings. The fourth-order valence-corrected chi connectivity index (χ4v) is 2.04. The van der Waals surface area contributed by atoms with Gasteiger partial charge in [-0.05, 0) is 37.8 Å². The van der Waals surface area contributed by atoms with Crippen molar-refractivity contribution in [3.05, 3.63) is 28.5 Å². The molecule has 1 rings (SSSR count). The van der Waals surface area contributed by atoms with E-state index in [0.717, 1.165) is 18.5 Å². The van der Waals surface area contributed by atoms with Crippen molar-refractivity contribution >= 4 is 17.6 Å². The SMILES string of the molecule is CCc1cc(C(=O)OC(C)CC(C)C)cc(Cl)n1. The molecule has 0 radical (unpaired) electrons. The number of carbonyl (C=O) groups is 1. The van der Waals surface area contributed by atoms with Crippen LogP contribution >= 0.6 is 11.6 Å². The van der Waals surface area contributed by atoms with Gasteiger partial charge in [-0.2, -0.15) is 0 Å². The lowest BCUT2D eigenvalue weighted by Crippen LogP contribution is -2.17. The molecule has 0 N–H and O–H groups in total. The maximum atomic E-state index is 11.9. The summed E-state index contributed by atoms with van der Waals surface area (Å²) in [6.07, 6.45) is 1.50. The minimum Gasteiger partial charge on any atom is -0.459 e. The Morgan fingerprint density at radius 2 is 2.06 bits per heavy atom. The highest BCUT2D eigenvalue weighted by Crippen LogP contribution is 2.15. The van der Waals surface area contributed by atoms with Gasteiger partial charge in [-0.3, -0.25) is 0 Å². The number of pyridine rings is 1. The van der Waals surface area contributed by atoms with E-state index in [1.54, 1.807) is 12.1 Å². The molecule has 0 saturated carbocycles. The fraction of sp³-hybridized carbons (Fsp3) is 0.571. The van der Waals surface area contributed by atoms with Crippen LogP contribution in [-0.4, -0.2) is 17.1 Å². The van der Waals surface area contributed by atoms with Crippen LogP contribution in [0.5, 0.6) is 0 Å². The van der Waals surface area contributed by atoms with Gasteiger partial charge in [0.2, 0.25) is 0 Å². The third kappa shape index (κ3) is 4.65. The molecule has 0 aliphatic carbocycles. The van der Waals surface area contributed by atoms with Crippen LogP contribution in [0.1, 0.15) is 50.2 Å². The molecule has 3 nitrogen and oxygen atoms in total. The van der Waals surface area contributed by atoms with Crippen molar-refractivity contribution in [2.75, 3.05) is 0 Å². The average Bonchev–Trinajstić information content (AvgIpc) is 2.26. The topological polar surface area (TPSA) is 39.2 Å². The van der Waals surface area contributed by atoms with E-state index in [2.05, 4.69) is 18.8 Å². The molecule has 0 bridgehead atoms. The first kappa shape index (κ1) is 15.0.